The largest absolute Gasteiger partial charge is 0.339 e. The van der Waals surface area contributed by atoms with Crippen molar-refractivity contribution in [3.8, 4) is 0 Å². The summed E-state index contributed by atoms with van der Waals surface area (Å²) in [4.78, 5) is 30.2. The molecule has 126 valence electrons. The molecule has 0 fully saturated rings. The van der Waals surface area contributed by atoms with E-state index in [4.69, 9.17) is 0 Å². The molecule has 1 aromatic carbocycles. The molecule has 0 bridgehead atoms. The Bertz CT molecular complexity index is 672. The molecule has 2 amide bonds. The first-order chi connectivity index (χ1) is 11.5. The Balaban J connectivity index is 1.76. The van der Waals surface area contributed by atoms with Crippen LogP contribution in [-0.2, 0) is 11.2 Å². The molecule has 0 saturated heterocycles. The smallest absolute Gasteiger partial charge is 0.285 e. The van der Waals surface area contributed by atoms with Crippen molar-refractivity contribution in [2.45, 2.75) is 24.2 Å². The Morgan fingerprint density at radius 1 is 1.12 bits per heavy atom. The topological polar surface area (TPSA) is 62.3 Å². The van der Waals surface area contributed by atoms with Crippen LogP contribution in [0.15, 0.2) is 53.6 Å². The molecule has 6 heteroatoms. The number of hydrogen-bond acceptors (Lipinski definition) is 4. The van der Waals surface area contributed by atoms with Crippen molar-refractivity contribution in [2.24, 2.45) is 0 Å². The summed E-state index contributed by atoms with van der Waals surface area (Å²) in [6.07, 6.45) is 3.76. The molecule has 1 heterocycles. The number of carbonyl (C=O) groups is 2. The quantitative estimate of drug-likeness (QED) is 0.810. The Hall–Kier alpha value is -2.34. The average molecular weight is 343 g/mol. The van der Waals surface area contributed by atoms with Gasteiger partial charge in [0.15, 0.2) is 0 Å². The van der Waals surface area contributed by atoms with Crippen LogP contribution in [0.25, 0.3) is 0 Å². The van der Waals surface area contributed by atoms with Gasteiger partial charge in [0.1, 0.15) is 0 Å². The van der Waals surface area contributed by atoms with Gasteiger partial charge in [0.2, 0.25) is 5.91 Å². The molecule has 0 unspecified atom stereocenters. The minimum absolute atomic E-state index is 0.0179. The van der Waals surface area contributed by atoms with E-state index >= 15 is 0 Å². The van der Waals surface area contributed by atoms with Gasteiger partial charge in [0.25, 0.3) is 5.24 Å². The third-order valence-corrected chi connectivity index (χ3v) is 4.32. The molecule has 0 atom stereocenters. The maximum Gasteiger partial charge on any atom is 0.285 e. The number of carbonyl (C=O) groups excluding carboxylic acids is 2. The third kappa shape index (κ3) is 6.04. The van der Waals surface area contributed by atoms with E-state index in [9.17, 15) is 9.59 Å². The molecule has 1 N–H and O–H groups in total. The summed E-state index contributed by atoms with van der Waals surface area (Å²) in [5, 5.41) is 2.84. The van der Waals surface area contributed by atoms with Gasteiger partial charge in [-0.1, -0.05) is 6.07 Å². The molecule has 0 saturated carbocycles. The van der Waals surface area contributed by atoms with Gasteiger partial charge in [-0.05, 0) is 61.0 Å². The molecule has 2 rings (SSSR count). The van der Waals surface area contributed by atoms with Crippen LogP contribution in [0.1, 0.15) is 18.5 Å². The number of rotatable bonds is 6. The van der Waals surface area contributed by atoms with Gasteiger partial charge in [-0.25, -0.2) is 0 Å². The number of pyridine rings is 1. The summed E-state index contributed by atoms with van der Waals surface area (Å²) >= 11 is 1.16. The van der Waals surface area contributed by atoms with Crippen molar-refractivity contribution < 1.29 is 9.59 Å². The Labute approximate surface area is 146 Å². The van der Waals surface area contributed by atoms with E-state index in [1.54, 1.807) is 20.3 Å². The van der Waals surface area contributed by atoms with Gasteiger partial charge in [-0.2, -0.15) is 0 Å². The number of anilines is 1. The number of nitrogens with one attached hydrogen (secondary N) is 1. The first-order valence-corrected chi connectivity index (χ1v) is 8.55. The lowest BCUT2D eigenvalue weighted by molar-refractivity contribution is -0.116. The SMILES string of the molecule is CN(C)C(=O)Sc1ccc(NC(=O)CCCc2ccccn2)cc1. The molecule has 0 radical (unpaired) electrons. The standard InChI is InChI=1S/C18H21N3O2S/c1-21(2)18(23)24-16-11-9-15(10-12-16)20-17(22)8-5-7-14-6-3-4-13-19-14/h3-4,6,9-13H,5,7-8H2,1-2H3,(H,20,22). The van der Waals surface area contributed by atoms with E-state index < -0.39 is 0 Å². The Morgan fingerprint density at radius 2 is 1.88 bits per heavy atom. The molecule has 0 aliphatic heterocycles. The zero-order chi connectivity index (χ0) is 17.4. The predicted molar refractivity (Wildman–Crippen MR) is 97.2 cm³/mol. The maximum absolute atomic E-state index is 12.0. The lowest BCUT2D eigenvalue weighted by Gasteiger charge is -2.10. The zero-order valence-electron chi connectivity index (χ0n) is 13.9. The van der Waals surface area contributed by atoms with Gasteiger partial charge >= 0.3 is 0 Å². The third-order valence-electron chi connectivity index (χ3n) is 3.27. The van der Waals surface area contributed by atoms with Crippen molar-refractivity contribution in [1.82, 2.24) is 9.88 Å². The van der Waals surface area contributed by atoms with Crippen LogP contribution in [0.2, 0.25) is 0 Å². The minimum Gasteiger partial charge on any atom is -0.339 e. The van der Waals surface area contributed by atoms with Crippen molar-refractivity contribution in [2.75, 3.05) is 19.4 Å². The normalized spacial score (nSPS) is 10.2. The highest BCUT2D eigenvalue weighted by atomic mass is 32.2. The van der Waals surface area contributed by atoms with Crippen LogP contribution in [0.3, 0.4) is 0 Å². The van der Waals surface area contributed by atoms with Crippen molar-refractivity contribution in [3.05, 3.63) is 54.4 Å². The van der Waals surface area contributed by atoms with E-state index in [-0.39, 0.29) is 11.1 Å². The summed E-state index contributed by atoms with van der Waals surface area (Å²) in [5.74, 6) is -0.0179. The average Bonchev–Trinajstić information content (AvgIpc) is 2.57. The molecular weight excluding hydrogens is 322 g/mol. The summed E-state index contributed by atoms with van der Waals surface area (Å²) in [5.41, 5.74) is 1.73. The summed E-state index contributed by atoms with van der Waals surface area (Å²) < 4.78 is 0. The van der Waals surface area contributed by atoms with Crippen LogP contribution < -0.4 is 5.32 Å². The zero-order valence-corrected chi connectivity index (χ0v) is 14.7. The lowest BCUT2D eigenvalue weighted by Crippen LogP contribution is -2.16. The molecule has 0 spiro atoms. The maximum atomic E-state index is 12.0. The van der Waals surface area contributed by atoms with E-state index in [2.05, 4.69) is 10.3 Å². The monoisotopic (exact) mass is 343 g/mol. The number of benzene rings is 1. The van der Waals surface area contributed by atoms with Crippen LogP contribution in [-0.4, -0.2) is 35.1 Å². The lowest BCUT2D eigenvalue weighted by atomic mass is 10.1. The number of nitrogens with zero attached hydrogens (tertiary/aromatic N) is 2. The first-order valence-electron chi connectivity index (χ1n) is 7.73. The number of thioether (sulfide) groups is 1. The second kappa shape index (κ2) is 9.08. The molecular formula is C18H21N3O2S. The Kier molecular flexibility index (Phi) is 6.81. The predicted octanol–water partition coefficient (Wildman–Crippen LogP) is 3.82. The fourth-order valence-electron chi connectivity index (χ4n) is 2.00. The van der Waals surface area contributed by atoms with Crippen LogP contribution in [0.5, 0.6) is 0 Å². The van der Waals surface area contributed by atoms with E-state index in [1.165, 1.54) is 4.90 Å². The van der Waals surface area contributed by atoms with E-state index in [0.717, 1.165) is 40.9 Å². The number of amides is 2. The Morgan fingerprint density at radius 3 is 2.50 bits per heavy atom. The van der Waals surface area contributed by atoms with Crippen molar-refractivity contribution in [1.29, 1.82) is 0 Å². The van der Waals surface area contributed by atoms with Crippen LogP contribution in [0, 0.1) is 0 Å². The van der Waals surface area contributed by atoms with E-state index in [1.807, 2.05) is 42.5 Å². The highest BCUT2D eigenvalue weighted by Crippen LogP contribution is 2.22. The summed E-state index contributed by atoms with van der Waals surface area (Å²) in [6, 6.07) is 13.1. The van der Waals surface area contributed by atoms with Crippen LogP contribution >= 0.6 is 11.8 Å². The van der Waals surface area contributed by atoms with Gasteiger partial charge in [-0.15, -0.1) is 0 Å². The van der Waals surface area contributed by atoms with Gasteiger partial charge in [0, 0.05) is 43.0 Å². The van der Waals surface area contributed by atoms with Gasteiger partial charge < -0.3 is 10.2 Å². The fourth-order valence-corrected chi connectivity index (χ4v) is 2.65. The molecule has 2 aromatic rings. The number of aryl methyl sites for hydroxylation is 1. The molecule has 1 aromatic heterocycles. The number of hydrogen-bond donors (Lipinski definition) is 1. The van der Waals surface area contributed by atoms with Crippen molar-refractivity contribution >= 4 is 28.6 Å². The minimum atomic E-state index is -0.0266. The van der Waals surface area contributed by atoms with Crippen molar-refractivity contribution in [3.63, 3.8) is 0 Å². The fraction of sp³-hybridized carbons (Fsp3) is 0.278. The highest BCUT2D eigenvalue weighted by Gasteiger charge is 2.07. The second-order valence-electron chi connectivity index (χ2n) is 5.51. The molecule has 0 aliphatic rings. The van der Waals surface area contributed by atoms with Gasteiger partial charge in [-0.3, -0.25) is 14.6 Å². The summed E-state index contributed by atoms with van der Waals surface area (Å²) in [7, 11) is 3.43. The van der Waals surface area contributed by atoms with Crippen LogP contribution in [0.4, 0.5) is 10.5 Å². The molecule has 0 aliphatic carbocycles. The first kappa shape index (κ1) is 18.0. The summed E-state index contributed by atoms with van der Waals surface area (Å²) in [6.45, 7) is 0. The number of aromatic nitrogens is 1. The molecule has 24 heavy (non-hydrogen) atoms. The van der Waals surface area contributed by atoms with E-state index in [0.29, 0.717) is 6.42 Å². The van der Waals surface area contributed by atoms with Gasteiger partial charge in [0.05, 0.1) is 0 Å². The second-order valence-corrected chi connectivity index (χ2v) is 6.53. The molecule has 5 nitrogen and oxygen atoms in total. The highest BCUT2D eigenvalue weighted by molar-refractivity contribution is 8.13.